The Kier molecular flexibility index (Phi) is 4.04. The molecule has 1 heterocycles. The van der Waals surface area contributed by atoms with E-state index in [0.717, 1.165) is 5.69 Å². The first-order valence-corrected chi connectivity index (χ1v) is 4.81. The van der Waals surface area contributed by atoms with Crippen LogP contribution in [-0.4, -0.2) is 36.2 Å². The molecule has 1 aromatic rings. The number of methoxy groups -OCH3 is 2. The zero-order valence-electron chi connectivity index (χ0n) is 9.77. The molecule has 1 N–H and O–H groups in total. The molecule has 1 atom stereocenters. The molecule has 0 aliphatic heterocycles. The van der Waals surface area contributed by atoms with Crippen LogP contribution in [0.2, 0.25) is 0 Å². The predicted molar refractivity (Wildman–Crippen MR) is 58.4 cm³/mol. The lowest BCUT2D eigenvalue weighted by Gasteiger charge is -2.12. The van der Waals surface area contributed by atoms with Crippen LogP contribution in [0, 0.1) is 6.92 Å². The molecule has 1 aromatic heterocycles. The minimum absolute atomic E-state index is 0.342. The molecule has 16 heavy (non-hydrogen) atoms. The van der Waals surface area contributed by atoms with E-state index in [0.29, 0.717) is 11.8 Å². The number of carbonyl (C=O) groups excluding carboxylic acids is 1. The van der Waals surface area contributed by atoms with Gasteiger partial charge in [-0.3, -0.25) is 0 Å². The highest BCUT2D eigenvalue weighted by atomic mass is 16.5. The molecule has 0 aliphatic carbocycles. The molecular weight excluding hydrogens is 210 g/mol. The van der Waals surface area contributed by atoms with E-state index in [1.807, 2.05) is 6.92 Å². The number of nitrogens with zero attached hydrogens (tertiary/aromatic N) is 2. The normalized spacial score (nSPS) is 11.8. The van der Waals surface area contributed by atoms with Crippen LogP contribution in [0.1, 0.15) is 12.6 Å². The number of aryl methyl sites for hydroxylation is 1. The number of esters is 1. The molecule has 1 unspecified atom stereocenters. The Morgan fingerprint density at radius 3 is 2.69 bits per heavy atom. The summed E-state index contributed by atoms with van der Waals surface area (Å²) in [7, 11) is 2.85. The summed E-state index contributed by atoms with van der Waals surface area (Å²) >= 11 is 0. The molecule has 0 fully saturated rings. The van der Waals surface area contributed by atoms with Crippen molar-refractivity contribution in [1.82, 2.24) is 9.97 Å². The quantitative estimate of drug-likeness (QED) is 0.763. The molecular formula is C10H15N3O3. The van der Waals surface area contributed by atoms with Crippen LogP contribution in [-0.2, 0) is 9.53 Å². The van der Waals surface area contributed by atoms with Gasteiger partial charge in [0.1, 0.15) is 6.04 Å². The Morgan fingerprint density at radius 1 is 1.44 bits per heavy atom. The van der Waals surface area contributed by atoms with E-state index < -0.39 is 6.04 Å². The van der Waals surface area contributed by atoms with E-state index in [1.54, 1.807) is 13.0 Å². The second-order valence-corrected chi connectivity index (χ2v) is 3.26. The maximum atomic E-state index is 11.2. The van der Waals surface area contributed by atoms with Gasteiger partial charge in [0.05, 0.1) is 14.2 Å². The van der Waals surface area contributed by atoms with Gasteiger partial charge in [-0.25, -0.2) is 9.78 Å². The zero-order valence-corrected chi connectivity index (χ0v) is 9.77. The lowest BCUT2D eigenvalue weighted by molar-refractivity contribution is -0.141. The fraction of sp³-hybridized carbons (Fsp3) is 0.500. The van der Waals surface area contributed by atoms with Gasteiger partial charge in [0, 0.05) is 11.8 Å². The van der Waals surface area contributed by atoms with Crippen LogP contribution in [0.15, 0.2) is 6.07 Å². The van der Waals surface area contributed by atoms with E-state index in [2.05, 4.69) is 20.0 Å². The lowest BCUT2D eigenvalue weighted by atomic mass is 10.3. The Labute approximate surface area is 94.0 Å². The highest BCUT2D eigenvalue weighted by Crippen LogP contribution is 2.11. The third kappa shape index (κ3) is 3.08. The molecule has 0 bridgehead atoms. The minimum Gasteiger partial charge on any atom is -0.481 e. The van der Waals surface area contributed by atoms with Crippen molar-refractivity contribution in [3.05, 3.63) is 11.8 Å². The number of carbonyl (C=O) groups is 1. The first-order chi connectivity index (χ1) is 7.56. The molecule has 0 aromatic carbocycles. The number of rotatable bonds is 4. The third-order valence-electron chi connectivity index (χ3n) is 1.94. The van der Waals surface area contributed by atoms with Gasteiger partial charge in [0.2, 0.25) is 11.8 Å². The maximum Gasteiger partial charge on any atom is 0.328 e. The average molecular weight is 225 g/mol. The number of nitrogens with one attached hydrogen (secondary N) is 1. The minimum atomic E-state index is -0.503. The summed E-state index contributed by atoms with van der Waals surface area (Å²) in [5.41, 5.74) is 0.756. The number of hydrogen-bond acceptors (Lipinski definition) is 6. The van der Waals surface area contributed by atoms with Gasteiger partial charge in [0.25, 0.3) is 0 Å². The van der Waals surface area contributed by atoms with Gasteiger partial charge in [-0.05, 0) is 13.8 Å². The molecule has 0 aliphatic rings. The van der Waals surface area contributed by atoms with Gasteiger partial charge in [-0.2, -0.15) is 4.98 Å². The second kappa shape index (κ2) is 5.29. The van der Waals surface area contributed by atoms with Crippen molar-refractivity contribution in [2.45, 2.75) is 19.9 Å². The molecule has 0 saturated carbocycles. The molecule has 6 nitrogen and oxygen atoms in total. The van der Waals surface area contributed by atoms with E-state index in [9.17, 15) is 4.79 Å². The van der Waals surface area contributed by atoms with Gasteiger partial charge in [0.15, 0.2) is 0 Å². The Morgan fingerprint density at radius 2 is 2.12 bits per heavy atom. The molecule has 88 valence electrons. The first-order valence-electron chi connectivity index (χ1n) is 4.81. The van der Waals surface area contributed by atoms with E-state index in [1.165, 1.54) is 14.2 Å². The van der Waals surface area contributed by atoms with Crippen molar-refractivity contribution < 1.29 is 14.3 Å². The molecule has 0 saturated heterocycles. The van der Waals surface area contributed by atoms with Crippen LogP contribution >= 0.6 is 0 Å². The summed E-state index contributed by atoms with van der Waals surface area (Å²) in [4.78, 5) is 19.4. The summed E-state index contributed by atoms with van der Waals surface area (Å²) in [6.45, 7) is 3.49. The second-order valence-electron chi connectivity index (χ2n) is 3.26. The van der Waals surface area contributed by atoms with Crippen molar-refractivity contribution in [1.29, 1.82) is 0 Å². The lowest BCUT2D eigenvalue weighted by Crippen LogP contribution is -2.28. The van der Waals surface area contributed by atoms with E-state index >= 15 is 0 Å². The fourth-order valence-corrected chi connectivity index (χ4v) is 1.14. The summed E-state index contributed by atoms with van der Waals surface area (Å²) in [5, 5.41) is 2.83. The third-order valence-corrected chi connectivity index (χ3v) is 1.94. The molecule has 0 spiro atoms. The van der Waals surface area contributed by atoms with Crippen molar-refractivity contribution in [3.8, 4) is 5.88 Å². The monoisotopic (exact) mass is 225 g/mol. The topological polar surface area (TPSA) is 73.3 Å². The van der Waals surface area contributed by atoms with Crippen molar-refractivity contribution in [2.24, 2.45) is 0 Å². The Hall–Kier alpha value is -1.85. The van der Waals surface area contributed by atoms with Crippen molar-refractivity contribution in [2.75, 3.05) is 19.5 Å². The smallest absolute Gasteiger partial charge is 0.328 e. The zero-order chi connectivity index (χ0) is 12.1. The molecule has 0 amide bonds. The molecule has 1 rings (SSSR count). The number of ether oxygens (including phenoxy) is 2. The van der Waals surface area contributed by atoms with Crippen molar-refractivity contribution >= 4 is 11.9 Å². The Balaban J connectivity index is 2.80. The van der Waals surface area contributed by atoms with Gasteiger partial charge < -0.3 is 14.8 Å². The van der Waals surface area contributed by atoms with Crippen LogP contribution in [0.4, 0.5) is 5.95 Å². The van der Waals surface area contributed by atoms with Crippen LogP contribution in [0.3, 0.4) is 0 Å². The maximum absolute atomic E-state index is 11.2. The van der Waals surface area contributed by atoms with Crippen molar-refractivity contribution in [3.63, 3.8) is 0 Å². The number of aromatic nitrogens is 2. The van der Waals surface area contributed by atoms with E-state index in [-0.39, 0.29) is 5.97 Å². The molecule has 0 radical (unpaired) electrons. The van der Waals surface area contributed by atoms with Gasteiger partial charge in [-0.15, -0.1) is 0 Å². The van der Waals surface area contributed by atoms with Gasteiger partial charge >= 0.3 is 5.97 Å². The van der Waals surface area contributed by atoms with Crippen LogP contribution in [0.25, 0.3) is 0 Å². The van der Waals surface area contributed by atoms with E-state index in [4.69, 9.17) is 4.74 Å². The number of anilines is 1. The number of hydrogen-bond donors (Lipinski definition) is 1. The summed E-state index contributed by atoms with van der Waals surface area (Å²) in [6, 6.07) is 1.20. The van der Waals surface area contributed by atoms with Gasteiger partial charge in [-0.1, -0.05) is 0 Å². The predicted octanol–water partition coefficient (Wildman–Crippen LogP) is 0.767. The molecule has 6 heteroatoms. The standard InChI is InChI=1S/C10H15N3O3/c1-6-5-8(15-3)13-10(11-6)12-7(2)9(14)16-4/h5,7H,1-4H3,(H,11,12,13). The summed E-state index contributed by atoms with van der Waals surface area (Å²) < 4.78 is 9.58. The van der Waals surface area contributed by atoms with Crippen LogP contribution in [0.5, 0.6) is 5.88 Å². The average Bonchev–Trinajstić information content (AvgIpc) is 2.26. The Bertz CT molecular complexity index is 382. The fourth-order valence-electron chi connectivity index (χ4n) is 1.14. The summed E-state index contributed by atoms with van der Waals surface area (Å²) in [6.07, 6.45) is 0. The largest absolute Gasteiger partial charge is 0.481 e. The SMILES string of the molecule is COC(=O)C(C)Nc1nc(C)cc(OC)n1. The highest BCUT2D eigenvalue weighted by Gasteiger charge is 2.14. The summed E-state index contributed by atoms with van der Waals surface area (Å²) in [5.74, 6) is 0.422. The van der Waals surface area contributed by atoms with Crippen LogP contribution < -0.4 is 10.1 Å². The first kappa shape index (κ1) is 12.2. The highest BCUT2D eigenvalue weighted by molar-refractivity contribution is 5.77.